The van der Waals surface area contributed by atoms with Crippen LogP contribution in [0.25, 0.3) is 0 Å². The zero-order valence-corrected chi connectivity index (χ0v) is 17.3. The van der Waals surface area contributed by atoms with Crippen molar-refractivity contribution in [3.63, 3.8) is 0 Å². The number of carbonyl (C=O) groups excluding carboxylic acids is 2. The lowest BCUT2D eigenvalue weighted by molar-refractivity contribution is -0.145. The predicted molar refractivity (Wildman–Crippen MR) is 110 cm³/mol. The molecule has 0 unspecified atom stereocenters. The summed E-state index contributed by atoms with van der Waals surface area (Å²) in [4.78, 5) is 28.6. The molecule has 156 valence electrons. The topological polar surface area (TPSA) is 73.6 Å². The van der Waals surface area contributed by atoms with E-state index in [9.17, 15) is 14.9 Å². The van der Waals surface area contributed by atoms with Crippen molar-refractivity contribution in [2.24, 2.45) is 11.3 Å². The molecule has 1 amide bonds. The average molecular weight is 398 g/mol. The highest BCUT2D eigenvalue weighted by atomic mass is 16.5. The molecule has 0 aromatic heterocycles. The first-order valence-corrected chi connectivity index (χ1v) is 10.7. The van der Waals surface area contributed by atoms with Crippen LogP contribution in [0.3, 0.4) is 0 Å². The van der Waals surface area contributed by atoms with Crippen LogP contribution in [0, 0.1) is 22.7 Å². The van der Waals surface area contributed by atoms with E-state index in [0.717, 1.165) is 45.2 Å². The number of nitriles is 1. The third-order valence-electron chi connectivity index (χ3n) is 6.25. The van der Waals surface area contributed by atoms with Crippen molar-refractivity contribution in [1.29, 1.82) is 5.26 Å². The van der Waals surface area contributed by atoms with Crippen LogP contribution in [0.4, 0.5) is 0 Å². The van der Waals surface area contributed by atoms with E-state index in [2.05, 4.69) is 23.1 Å². The highest BCUT2D eigenvalue weighted by molar-refractivity contribution is 5.79. The standard InChI is InChI=1S/C23H31N3O3/c1-2-29-21(27)17-25-12-8-20(9-13-25)22(28)26-14-10-23(18-24,11-15-26)16-19-6-4-3-5-7-19/h3-7,20H,2,8-17H2,1H3. The van der Waals surface area contributed by atoms with Crippen LogP contribution in [0.1, 0.15) is 38.2 Å². The molecule has 0 spiro atoms. The van der Waals surface area contributed by atoms with Crippen LogP contribution in [0.5, 0.6) is 0 Å². The van der Waals surface area contributed by atoms with Gasteiger partial charge in [-0.2, -0.15) is 5.26 Å². The van der Waals surface area contributed by atoms with Gasteiger partial charge in [0, 0.05) is 19.0 Å². The van der Waals surface area contributed by atoms with Crippen molar-refractivity contribution >= 4 is 11.9 Å². The molecule has 0 aliphatic carbocycles. The zero-order chi connectivity index (χ0) is 20.7. The average Bonchev–Trinajstić information content (AvgIpc) is 2.75. The van der Waals surface area contributed by atoms with Crippen molar-refractivity contribution in [3.05, 3.63) is 35.9 Å². The lowest BCUT2D eigenvalue weighted by atomic mass is 9.75. The Labute approximate surface area is 173 Å². The Hall–Kier alpha value is -2.39. The maximum atomic E-state index is 13.0. The Morgan fingerprint density at radius 1 is 1.14 bits per heavy atom. The van der Waals surface area contributed by atoms with E-state index < -0.39 is 0 Å². The molecular weight excluding hydrogens is 366 g/mol. The quantitative estimate of drug-likeness (QED) is 0.690. The summed E-state index contributed by atoms with van der Waals surface area (Å²) in [6.07, 6.45) is 3.76. The monoisotopic (exact) mass is 397 g/mol. The fourth-order valence-corrected chi connectivity index (χ4v) is 4.46. The summed E-state index contributed by atoms with van der Waals surface area (Å²) in [5.41, 5.74) is 0.809. The third kappa shape index (κ3) is 5.57. The van der Waals surface area contributed by atoms with E-state index in [1.165, 1.54) is 5.56 Å². The maximum absolute atomic E-state index is 13.0. The molecule has 0 bridgehead atoms. The Kier molecular flexibility index (Phi) is 7.27. The molecule has 1 aromatic carbocycles. The van der Waals surface area contributed by atoms with Crippen LogP contribution in [0.15, 0.2) is 30.3 Å². The molecule has 6 nitrogen and oxygen atoms in total. The molecule has 0 radical (unpaired) electrons. The van der Waals surface area contributed by atoms with Gasteiger partial charge >= 0.3 is 5.97 Å². The second kappa shape index (κ2) is 9.89. The van der Waals surface area contributed by atoms with Crippen LogP contribution < -0.4 is 0 Å². The van der Waals surface area contributed by atoms with Gasteiger partial charge in [-0.1, -0.05) is 30.3 Å². The largest absolute Gasteiger partial charge is 0.465 e. The normalized spacial score (nSPS) is 20.1. The molecule has 2 aliphatic rings. The Bertz CT molecular complexity index is 727. The van der Waals surface area contributed by atoms with Gasteiger partial charge in [0.1, 0.15) is 0 Å². The van der Waals surface area contributed by atoms with E-state index in [-0.39, 0.29) is 23.2 Å². The number of carbonyl (C=O) groups is 2. The molecule has 2 fully saturated rings. The van der Waals surface area contributed by atoms with Gasteiger partial charge in [-0.25, -0.2) is 0 Å². The summed E-state index contributed by atoms with van der Waals surface area (Å²) in [6.45, 7) is 5.32. The molecule has 2 saturated heterocycles. The molecule has 0 atom stereocenters. The minimum Gasteiger partial charge on any atom is -0.465 e. The maximum Gasteiger partial charge on any atom is 0.320 e. The summed E-state index contributed by atoms with van der Waals surface area (Å²) >= 11 is 0. The number of amides is 1. The fraction of sp³-hybridized carbons (Fsp3) is 0.609. The summed E-state index contributed by atoms with van der Waals surface area (Å²) in [6, 6.07) is 12.7. The van der Waals surface area contributed by atoms with Crippen LogP contribution >= 0.6 is 0 Å². The van der Waals surface area contributed by atoms with E-state index in [1.54, 1.807) is 0 Å². The van der Waals surface area contributed by atoms with Crippen molar-refractivity contribution in [2.45, 2.75) is 39.0 Å². The van der Waals surface area contributed by atoms with Gasteiger partial charge in [-0.05, 0) is 57.7 Å². The van der Waals surface area contributed by atoms with E-state index in [0.29, 0.717) is 26.2 Å². The Morgan fingerprint density at radius 3 is 2.38 bits per heavy atom. The number of rotatable bonds is 6. The molecule has 2 heterocycles. The molecule has 2 aliphatic heterocycles. The fourth-order valence-electron chi connectivity index (χ4n) is 4.46. The number of piperidine rings is 2. The summed E-state index contributed by atoms with van der Waals surface area (Å²) in [5.74, 6) is 0.0451. The molecule has 0 N–H and O–H groups in total. The Morgan fingerprint density at radius 2 is 1.79 bits per heavy atom. The lowest BCUT2D eigenvalue weighted by Crippen LogP contribution is -2.48. The van der Waals surface area contributed by atoms with Crippen LogP contribution in [0.2, 0.25) is 0 Å². The van der Waals surface area contributed by atoms with Gasteiger partial charge in [-0.15, -0.1) is 0 Å². The minimum atomic E-state index is -0.374. The third-order valence-corrected chi connectivity index (χ3v) is 6.25. The highest BCUT2D eigenvalue weighted by Crippen LogP contribution is 2.35. The molecule has 1 aromatic rings. The lowest BCUT2D eigenvalue weighted by Gasteiger charge is -2.40. The minimum absolute atomic E-state index is 0.0251. The second-order valence-corrected chi connectivity index (χ2v) is 8.24. The Balaban J connectivity index is 1.48. The summed E-state index contributed by atoms with van der Waals surface area (Å²) in [7, 11) is 0. The second-order valence-electron chi connectivity index (χ2n) is 8.24. The van der Waals surface area contributed by atoms with Gasteiger partial charge in [0.05, 0.1) is 24.6 Å². The molecule has 3 rings (SSSR count). The van der Waals surface area contributed by atoms with E-state index >= 15 is 0 Å². The zero-order valence-electron chi connectivity index (χ0n) is 17.3. The van der Waals surface area contributed by atoms with Gasteiger partial charge in [0.2, 0.25) is 5.91 Å². The number of nitrogens with zero attached hydrogens (tertiary/aromatic N) is 3. The van der Waals surface area contributed by atoms with Gasteiger partial charge in [-0.3, -0.25) is 14.5 Å². The van der Waals surface area contributed by atoms with Gasteiger partial charge in [0.25, 0.3) is 0 Å². The summed E-state index contributed by atoms with van der Waals surface area (Å²) in [5, 5.41) is 9.82. The summed E-state index contributed by atoms with van der Waals surface area (Å²) < 4.78 is 5.00. The van der Waals surface area contributed by atoms with Crippen molar-refractivity contribution in [1.82, 2.24) is 9.80 Å². The number of ether oxygens (including phenoxy) is 1. The number of hydrogen-bond acceptors (Lipinski definition) is 5. The predicted octanol–water partition coefficient (Wildman–Crippen LogP) is 2.64. The van der Waals surface area contributed by atoms with Crippen LogP contribution in [-0.4, -0.2) is 61.0 Å². The SMILES string of the molecule is CCOC(=O)CN1CCC(C(=O)N2CCC(C#N)(Cc3ccccc3)CC2)CC1. The molecular formula is C23H31N3O3. The number of hydrogen-bond donors (Lipinski definition) is 0. The van der Waals surface area contributed by atoms with E-state index in [1.807, 2.05) is 30.0 Å². The van der Waals surface area contributed by atoms with Crippen LogP contribution in [-0.2, 0) is 20.7 Å². The molecule has 0 saturated carbocycles. The first kappa shape index (κ1) is 21.3. The molecule has 6 heteroatoms. The van der Waals surface area contributed by atoms with Gasteiger partial charge in [0.15, 0.2) is 0 Å². The molecule has 29 heavy (non-hydrogen) atoms. The highest BCUT2D eigenvalue weighted by Gasteiger charge is 2.38. The van der Waals surface area contributed by atoms with E-state index in [4.69, 9.17) is 4.74 Å². The van der Waals surface area contributed by atoms with Crippen molar-refractivity contribution in [2.75, 3.05) is 39.3 Å². The smallest absolute Gasteiger partial charge is 0.320 e. The first-order valence-electron chi connectivity index (χ1n) is 10.7. The number of likely N-dealkylation sites (tertiary alicyclic amines) is 2. The van der Waals surface area contributed by atoms with Gasteiger partial charge < -0.3 is 9.64 Å². The van der Waals surface area contributed by atoms with Crippen molar-refractivity contribution < 1.29 is 14.3 Å². The van der Waals surface area contributed by atoms with Crippen molar-refractivity contribution in [3.8, 4) is 6.07 Å². The number of esters is 1. The first-order chi connectivity index (χ1) is 14.0. The number of benzene rings is 1.